The molecule has 0 atom stereocenters. The van der Waals surface area contributed by atoms with Gasteiger partial charge in [-0.1, -0.05) is 6.92 Å². The highest BCUT2D eigenvalue weighted by molar-refractivity contribution is 6.17. The summed E-state index contributed by atoms with van der Waals surface area (Å²) in [4.78, 5) is 25.0. The van der Waals surface area contributed by atoms with Gasteiger partial charge in [0.05, 0.1) is 0 Å². The zero-order valence-electron chi connectivity index (χ0n) is 9.88. The van der Waals surface area contributed by atoms with Crippen molar-refractivity contribution >= 4 is 23.3 Å². The van der Waals surface area contributed by atoms with E-state index >= 15 is 0 Å². The van der Waals surface area contributed by atoms with Crippen LogP contribution in [0.2, 0.25) is 0 Å². The van der Waals surface area contributed by atoms with Gasteiger partial charge < -0.3 is 4.90 Å². The second-order valence-electron chi connectivity index (χ2n) is 4.27. The maximum Gasteiger partial charge on any atom is 0.222 e. The van der Waals surface area contributed by atoms with Gasteiger partial charge >= 0.3 is 0 Å². The first kappa shape index (κ1) is 13.5. The van der Waals surface area contributed by atoms with Crippen LogP contribution in [0.25, 0.3) is 0 Å². The standard InChI is InChI=1S/C12H20ClNO2/c1-2-11(15)10-5-8-14(9-6-10)12(16)4-3-7-13/h10H,2-9H2,1H3. The van der Waals surface area contributed by atoms with Gasteiger partial charge in [-0.15, -0.1) is 11.6 Å². The van der Waals surface area contributed by atoms with Gasteiger partial charge in [0.2, 0.25) is 5.91 Å². The molecule has 0 aliphatic carbocycles. The Kier molecular flexibility index (Phi) is 5.81. The predicted octanol–water partition coefficient (Wildman–Crippen LogP) is 2.22. The van der Waals surface area contributed by atoms with Crippen molar-refractivity contribution in [3.63, 3.8) is 0 Å². The molecule has 1 saturated heterocycles. The average Bonchev–Trinajstić information content (AvgIpc) is 2.35. The van der Waals surface area contributed by atoms with Gasteiger partial charge in [0.15, 0.2) is 0 Å². The molecule has 4 heteroatoms. The molecular formula is C12H20ClNO2. The normalized spacial score (nSPS) is 17.5. The minimum atomic E-state index is 0.182. The number of piperidine rings is 1. The first-order valence-corrected chi connectivity index (χ1v) is 6.59. The van der Waals surface area contributed by atoms with Crippen LogP contribution in [0.5, 0.6) is 0 Å². The summed E-state index contributed by atoms with van der Waals surface area (Å²) in [6.45, 7) is 3.37. The van der Waals surface area contributed by atoms with Crippen molar-refractivity contribution in [3.05, 3.63) is 0 Å². The Hall–Kier alpha value is -0.570. The van der Waals surface area contributed by atoms with Crippen LogP contribution in [0.1, 0.15) is 39.0 Å². The lowest BCUT2D eigenvalue weighted by molar-refractivity contribution is -0.135. The Balaban J connectivity index is 2.31. The molecule has 1 fully saturated rings. The van der Waals surface area contributed by atoms with Crippen LogP contribution in [-0.2, 0) is 9.59 Å². The van der Waals surface area contributed by atoms with E-state index in [1.54, 1.807) is 0 Å². The second kappa shape index (κ2) is 6.89. The number of rotatable bonds is 5. The van der Waals surface area contributed by atoms with E-state index in [0.29, 0.717) is 24.5 Å². The Morgan fingerprint density at radius 3 is 2.44 bits per heavy atom. The SMILES string of the molecule is CCC(=O)C1CCN(C(=O)CCCCl)CC1. The van der Waals surface area contributed by atoms with E-state index in [-0.39, 0.29) is 11.8 Å². The lowest BCUT2D eigenvalue weighted by Gasteiger charge is -2.31. The molecule has 92 valence electrons. The van der Waals surface area contributed by atoms with Crippen molar-refractivity contribution in [1.29, 1.82) is 0 Å². The summed E-state index contributed by atoms with van der Waals surface area (Å²) in [6.07, 6.45) is 3.56. The van der Waals surface area contributed by atoms with Gasteiger partial charge in [-0.2, -0.15) is 0 Å². The Morgan fingerprint density at radius 2 is 1.94 bits per heavy atom. The smallest absolute Gasteiger partial charge is 0.222 e. The summed E-state index contributed by atoms with van der Waals surface area (Å²) >= 11 is 5.55. The fourth-order valence-electron chi connectivity index (χ4n) is 2.12. The van der Waals surface area contributed by atoms with Crippen LogP contribution >= 0.6 is 11.6 Å². The highest BCUT2D eigenvalue weighted by Crippen LogP contribution is 2.20. The van der Waals surface area contributed by atoms with E-state index in [0.717, 1.165) is 32.4 Å². The summed E-state index contributed by atoms with van der Waals surface area (Å²) in [7, 11) is 0. The van der Waals surface area contributed by atoms with Crippen molar-refractivity contribution in [1.82, 2.24) is 4.90 Å². The van der Waals surface area contributed by atoms with E-state index in [9.17, 15) is 9.59 Å². The molecular weight excluding hydrogens is 226 g/mol. The summed E-state index contributed by atoms with van der Waals surface area (Å²) in [6, 6.07) is 0. The molecule has 1 heterocycles. The van der Waals surface area contributed by atoms with Gasteiger partial charge in [0.25, 0.3) is 0 Å². The fourth-order valence-corrected chi connectivity index (χ4v) is 2.25. The number of nitrogens with zero attached hydrogens (tertiary/aromatic N) is 1. The van der Waals surface area contributed by atoms with Gasteiger partial charge in [0, 0.05) is 37.7 Å². The summed E-state index contributed by atoms with van der Waals surface area (Å²) < 4.78 is 0. The van der Waals surface area contributed by atoms with Crippen LogP contribution in [0, 0.1) is 5.92 Å². The monoisotopic (exact) mass is 245 g/mol. The third-order valence-corrected chi connectivity index (χ3v) is 3.44. The molecule has 0 radical (unpaired) electrons. The van der Waals surface area contributed by atoms with E-state index in [1.807, 2.05) is 11.8 Å². The number of amides is 1. The zero-order valence-corrected chi connectivity index (χ0v) is 10.6. The third kappa shape index (κ3) is 3.78. The van der Waals surface area contributed by atoms with Crippen LogP contribution in [0.4, 0.5) is 0 Å². The lowest BCUT2D eigenvalue weighted by atomic mass is 9.91. The fraction of sp³-hybridized carbons (Fsp3) is 0.833. The number of carbonyl (C=O) groups excluding carboxylic acids is 2. The molecule has 0 aromatic rings. The maximum absolute atomic E-state index is 11.7. The van der Waals surface area contributed by atoms with Crippen molar-refractivity contribution in [3.8, 4) is 0 Å². The van der Waals surface area contributed by atoms with Gasteiger partial charge in [0.1, 0.15) is 5.78 Å². The first-order valence-electron chi connectivity index (χ1n) is 6.05. The number of likely N-dealkylation sites (tertiary alicyclic amines) is 1. The van der Waals surface area contributed by atoms with Crippen molar-refractivity contribution in [2.75, 3.05) is 19.0 Å². The molecule has 0 bridgehead atoms. The van der Waals surface area contributed by atoms with Crippen LogP contribution in [0.3, 0.4) is 0 Å². The molecule has 0 saturated carbocycles. The lowest BCUT2D eigenvalue weighted by Crippen LogP contribution is -2.40. The highest BCUT2D eigenvalue weighted by Gasteiger charge is 2.25. The molecule has 16 heavy (non-hydrogen) atoms. The van der Waals surface area contributed by atoms with E-state index in [4.69, 9.17) is 11.6 Å². The van der Waals surface area contributed by atoms with Crippen molar-refractivity contribution in [2.24, 2.45) is 5.92 Å². The summed E-state index contributed by atoms with van der Waals surface area (Å²) in [5, 5.41) is 0. The van der Waals surface area contributed by atoms with E-state index < -0.39 is 0 Å². The minimum absolute atomic E-state index is 0.182. The molecule has 1 aliphatic heterocycles. The number of carbonyl (C=O) groups is 2. The summed E-state index contributed by atoms with van der Waals surface area (Å²) in [5.41, 5.74) is 0. The quantitative estimate of drug-likeness (QED) is 0.697. The van der Waals surface area contributed by atoms with Crippen LogP contribution < -0.4 is 0 Å². The zero-order chi connectivity index (χ0) is 12.0. The van der Waals surface area contributed by atoms with Crippen LogP contribution in [-0.4, -0.2) is 35.6 Å². The first-order chi connectivity index (χ1) is 7.69. The molecule has 0 unspecified atom stereocenters. The summed E-state index contributed by atoms with van der Waals surface area (Å²) in [5.74, 6) is 1.24. The molecule has 1 amide bonds. The minimum Gasteiger partial charge on any atom is -0.343 e. The van der Waals surface area contributed by atoms with Crippen LogP contribution in [0.15, 0.2) is 0 Å². The Labute approximate surface area is 102 Å². The van der Waals surface area contributed by atoms with Crippen molar-refractivity contribution < 1.29 is 9.59 Å². The Morgan fingerprint density at radius 1 is 1.31 bits per heavy atom. The molecule has 0 N–H and O–H groups in total. The van der Waals surface area contributed by atoms with E-state index in [1.165, 1.54) is 0 Å². The number of hydrogen-bond acceptors (Lipinski definition) is 2. The molecule has 0 aromatic carbocycles. The number of halogens is 1. The number of Topliss-reactive ketones (excluding diaryl/α,β-unsaturated/α-hetero) is 1. The van der Waals surface area contributed by atoms with Gasteiger partial charge in [-0.3, -0.25) is 9.59 Å². The Bertz CT molecular complexity index is 247. The average molecular weight is 246 g/mol. The topological polar surface area (TPSA) is 37.4 Å². The predicted molar refractivity (Wildman–Crippen MR) is 64.6 cm³/mol. The molecule has 1 rings (SSSR count). The molecule has 3 nitrogen and oxygen atoms in total. The highest BCUT2D eigenvalue weighted by atomic mass is 35.5. The van der Waals surface area contributed by atoms with Gasteiger partial charge in [-0.25, -0.2) is 0 Å². The second-order valence-corrected chi connectivity index (χ2v) is 4.65. The third-order valence-electron chi connectivity index (χ3n) is 3.18. The maximum atomic E-state index is 11.7. The molecule has 0 aromatic heterocycles. The number of alkyl halides is 1. The van der Waals surface area contributed by atoms with E-state index in [2.05, 4.69) is 0 Å². The largest absolute Gasteiger partial charge is 0.343 e. The molecule has 0 spiro atoms. The van der Waals surface area contributed by atoms with Crippen molar-refractivity contribution in [2.45, 2.75) is 39.0 Å². The number of ketones is 1. The van der Waals surface area contributed by atoms with Gasteiger partial charge in [-0.05, 0) is 19.3 Å². The number of hydrogen-bond donors (Lipinski definition) is 0. The molecule has 1 aliphatic rings.